The number of carbonyl (C=O) groups is 2. The second kappa shape index (κ2) is 8.67. The fraction of sp³-hybridized carbons (Fsp3) is 0.429. The lowest BCUT2D eigenvalue weighted by Gasteiger charge is -2.29. The minimum absolute atomic E-state index is 0.0124. The molecule has 0 aliphatic carbocycles. The maximum atomic E-state index is 12.5. The van der Waals surface area contributed by atoms with Crippen molar-refractivity contribution in [3.63, 3.8) is 0 Å². The van der Waals surface area contributed by atoms with E-state index in [9.17, 15) is 9.59 Å². The van der Waals surface area contributed by atoms with Crippen LogP contribution in [0.2, 0.25) is 0 Å². The van der Waals surface area contributed by atoms with E-state index in [0.717, 1.165) is 18.7 Å². The quantitative estimate of drug-likeness (QED) is 0.801. The predicted octanol–water partition coefficient (Wildman–Crippen LogP) is 2.37. The summed E-state index contributed by atoms with van der Waals surface area (Å²) in [7, 11) is 0. The minimum Gasteiger partial charge on any atom is -0.339 e. The summed E-state index contributed by atoms with van der Waals surface area (Å²) >= 11 is 1.82. The van der Waals surface area contributed by atoms with Crippen molar-refractivity contribution in [2.24, 2.45) is 0 Å². The van der Waals surface area contributed by atoms with Crippen molar-refractivity contribution in [2.45, 2.75) is 33.2 Å². The third kappa shape index (κ3) is 4.39. The van der Waals surface area contributed by atoms with Crippen LogP contribution in [-0.4, -0.2) is 42.9 Å². The van der Waals surface area contributed by atoms with E-state index in [0.29, 0.717) is 31.2 Å². The van der Waals surface area contributed by atoms with Gasteiger partial charge < -0.3 is 15.1 Å². The lowest BCUT2D eigenvalue weighted by Crippen LogP contribution is -3.14. The molecular formula is C21H28N3O2S+. The van der Waals surface area contributed by atoms with Crippen LogP contribution in [0.25, 0.3) is 0 Å². The van der Waals surface area contributed by atoms with Gasteiger partial charge in [0.25, 0.3) is 11.8 Å². The summed E-state index contributed by atoms with van der Waals surface area (Å²) in [6.07, 6.45) is 1.04. The first-order valence-electron chi connectivity index (χ1n) is 9.63. The van der Waals surface area contributed by atoms with Crippen LogP contribution in [0.1, 0.15) is 47.6 Å². The average Bonchev–Trinajstić information content (AvgIpc) is 3.15. The zero-order valence-electron chi connectivity index (χ0n) is 16.2. The van der Waals surface area contributed by atoms with E-state index in [1.807, 2.05) is 25.2 Å². The van der Waals surface area contributed by atoms with E-state index < -0.39 is 0 Å². The molecule has 0 fully saturated rings. The van der Waals surface area contributed by atoms with E-state index in [1.165, 1.54) is 15.3 Å². The molecule has 0 bridgehead atoms. The molecule has 2 aromatic rings. The lowest BCUT2D eigenvalue weighted by atomic mass is 10.0. The summed E-state index contributed by atoms with van der Waals surface area (Å²) in [4.78, 5) is 29.4. The number of carbonyl (C=O) groups excluding carboxylic acids is 2. The van der Waals surface area contributed by atoms with E-state index in [1.54, 1.807) is 29.2 Å². The lowest BCUT2D eigenvalue weighted by molar-refractivity contribution is -0.923. The Kier molecular flexibility index (Phi) is 6.29. The maximum Gasteiger partial charge on any atom is 0.279 e. The second-order valence-corrected chi connectivity index (χ2v) is 7.96. The monoisotopic (exact) mass is 386 g/mol. The number of amides is 2. The first-order chi connectivity index (χ1) is 13.0. The predicted molar refractivity (Wildman–Crippen MR) is 109 cm³/mol. The van der Waals surface area contributed by atoms with Crippen LogP contribution in [0.3, 0.4) is 0 Å². The van der Waals surface area contributed by atoms with Gasteiger partial charge in [0.05, 0.1) is 6.54 Å². The highest BCUT2D eigenvalue weighted by Crippen LogP contribution is 2.24. The van der Waals surface area contributed by atoms with E-state index in [-0.39, 0.29) is 11.8 Å². The molecule has 1 aliphatic heterocycles. The number of hydrogen-bond donors (Lipinski definition) is 2. The van der Waals surface area contributed by atoms with Crippen molar-refractivity contribution in [1.82, 2.24) is 4.90 Å². The van der Waals surface area contributed by atoms with Gasteiger partial charge in [-0.3, -0.25) is 9.59 Å². The van der Waals surface area contributed by atoms with Crippen molar-refractivity contribution < 1.29 is 14.5 Å². The number of rotatable bonds is 6. The number of fused-ring (bicyclic) bond motifs is 1. The zero-order chi connectivity index (χ0) is 19.4. The normalized spacial score (nSPS) is 18.6. The number of hydrogen-bond acceptors (Lipinski definition) is 3. The third-order valence-corrected chi connectivity index (χ3v) is 6.38. The number of anilines is 1. The molecular weight excluding hydrogens is 358 g/mol. The molecule has 2 N–H and O–H groups in total. The number of nitrogens with one attached hydrogen (secondary N) is 2. The number of quaternary nitrogens is 1. The van der Waals surface area contributed by atoms with Crippen LogP contribution in [0, 0.1) is 0 Å². The summed E-state index contributed by atoms with van der Waals surface area (Å²) in [5, 5.41) is 5.11. The fourth-order valence-corrected chi connectivity index (χ4v) is 4.67. The molecule has 1 aliphatic rings. The third-order valence-electron chi connectivity index (χ3n) is 5.39. The highest BCUT2D eigenvalue weighted by Gasteiger charge is 2.29. The Hall–Kier alpha value is -2.18. The Morgan fingerprint density at radius 1 is 1.19 bits per heavy atom. The van der Waals surface area contributed by atoms with Gasteiger partial charge in [0.1, 0.15) is 6.04 Å². The van der Waals surface area contributed by atoms with Gasteiger partial charge in [-0.2, -0.15) is 0 Å². The Labute approximate surface area is 165 Å². The summed E-state index contributed by atoms with van der Waals surface area (Å²) in [5.74, 6) is 0.0365. The van der Waals surface area contributed by atoms with E-state index in [4.69, 9.17) is 0 Å². The molecule has 2 atom stereocenters. The maximum absolute atomic E-state index is 12.5. The topological polar surface area (TPSA) is 53.9 Å². The Balaban J connectivity index is 1.58. The standard InChI is InChI=1S/C21H27N3O2S/c1-4-23(5-2)21(26)16-6-8-17(9-7-16)22-20(25)14-24-12-10-19-18(15(24)3)11-13-27-19/h6-9,11,13,15H,4-5,10,12,14H2,1-3H3,(H,22,25)/p+1/t15-/m0/s1. The molecule has 2 heterocycles. The highest BCUT2D eigenvalue weighted by atomic mass is 32.1. The number of thiophene rings is 1. The van der Waals surface area contributed by atoms with Crippen LogP contribution < -0.4 is 10.2 Å². The van der Waals surface area contributed by atoms with Gasteiger partial charge in [0.15, 0.2) is 6.54 Å². The van der Waals surface area contributed by atoms with Crippen molar-refractivity contribution in [3.05, 3.63) is 51.7 Å². The number of nitrogens with zero attached hydrogens (tertiary/aromatic N) is 1. The van der Waals surface area contributed by atoms with Crippen LogP contribution in [0.5, 0.6) is 0 Å². The van der Waals surface area contributed by atoms with Gasteiger partial charge in [-0.05, 0) is 56.5 Å². The molecule has 144 valence electrons. The van der Waals surface area contributed by atoms with Gasteiger partial charge in [0, 0.05) is 41.2 Å². The minimum atomic E-state index is 0.0124. The van der Waals surface area contributed by atoms with Crippen LogP contribution >= 0.6 is 11.3 Å². The molecule has 0 radical (unpaired) electrons. The first-order valence-corrected chi connectivity index (χ1v) is 10.5. The summed E-state index contributed by atoms with van der Waals surface area (Å²) in [6, 6.07) is 9.71. The summed E-state index contributed by atoms with van der Waals surface area (Å²) < 4.78 is 0. The smallest absolute Gasteiger partial charge is 0.279 e. The molecule has 6 heteroatoms. The van der Waals surface area contributed by atoms with Crippen molar-refractivity contribution in [2.75, 3.05) is 31.5 Å². The molecule has 0 saturated carbocycles. The van der Waals surface area contributed by atoms with Gasteiger partial charge in [-0.15, -0.1) is 11.3 Å². The van der Waals surface area contributed by atoms with E-state index >= 15 is 0 Å². The summed E-state index contributed by atoms with van der Waals surface area (Å²) in [5.41, 5.74) is 2.77. The molecule has 3 rings (SSSR count). The largest absolute Gasteiger partial charge is 0.339 e. The van der Waals surface area contributed by atoms with Crippen molar-refractivity contribution in [3.8, 4) is 0 Å². The first kappa shape index (κ1) is 19.6. The Morgan fingerprint density at radius 3 is 2.56 bits per heavy atom. The Morgan fingerprint density at radius 2 is 1.89 bits per heavy atom. The van der Waals surface area contributed by atoms with Crippen LogP contribution in [-0.2, 0) is 11.2 Å². The molecule has 1 aromatic heterocycles. The molecule has 0 spiro atoms. The van der Waals surface area contributed by atoms with Crippen LogP contribution in [0.4, 0.5) is 5.69 Å². The fourth-order valence-electron chi connectivity index (χ4n) is 3.69. The highest BCUT2D eigenvalue weighted by molar-refractivity contribution is 7.10. The average molecular weight is 387 g/mol. The van der Waals surface area contributed by atoms with Gasteiger partial charge in [0.2, 0.25) is 0 Å². The molecule has 27 heavy (non-hydrogen) atoms. The van der Waals surface area contributed by atoms with Crippen molar-refractivity contribution >= 4 is 28.8 Å². The van der Waals surface area contributed by atoms with E-state index in [2.05, 4.69) is 23.7 Å². The molecule has 5 nitrogen and oxygen atoms in total. The number of benzene rings is 1. The van der Waals surface area contributed by atoms with Crippen LogP contribution in [0.15, 0.2) is 35.7 Å². The van der Waals surface area contributed by atoms with Gasteiger partial charge in [-0.25, -0.2) is 0 Å². The molecule has 2 amide bonds. The molecule has 1 unspecified atom stereocenters. The van der Waals surface area contributed by atoms with Crippen molar-refractivity contribution in [1.29, 1.82) is 0 Å². The summed E-state index contributed by atoms with van der Waals surface area (Å²) in [6.45, 7) is 8.96. The zero-order valence-corrected chi connectivity index (χ0v) is 17.1. The molecule has 1 aromatic carbocycles. The molecule has 0 saturated heterocycles. The second-order valence-electron chi connectivity index (χ2n) is 6.96. The van der Waals surface area contributed by atoms with Gasteiger partial charge in [-0.1, -0.05) is 0 Å². The SMILES string of the molecule is CCN(CC)C(=O)c1ccc(NC(=O)C[NH+]2CCc3sccc3[C@@H]2C)cc1. The Bertz CT molecular complexity index is 796. The van der Waals surface area contributed by atoms with Gasteiger partial charge >= 0.3 is 0 Å².